The Bertz CT molecular complexity index is 189. The fourth-order valence-electron chi connectivity index (χ4n) is 2.78. The fraction of sp³-hybridized carbons (Fsp3) is 1.00. The van der Waals surface area contributed by atoms with Gasteiger partial charge in [-0.05, 0) is 45.2 Å². The van der Waals surface area contributed by atoms with Crippen LogP contribution in [0, 0.1) is 5.92 Å². The number of hydrogen-bond acceptors (Lipinski definition) is 2. The lowest BCUT2D eigenvalue weighted by atomic mass is 10.1. The SMILES string of the molecule is CCC(CC1CC1)N1CCCNC(C)C1. The molecular weight excluding hydrogens is 184 g/mol. The Morgan fingerprint density at radius 2 is 2.20 bits per heavy atom. The largest absolute Gasteiger partial charge is 0.313 e. The molecule has 2 heteroatoms. The van der Waals surface area contributed by atoms with E-state index >= 15 is 0 Å². The lowest BCUT2D eigenvalue weighted by Crippen LogP contribution is -2.41. The topological polar surface area (TPSA) is 15.3 Å². The maximum atomic E-state index is 3.58. The van der Waals surface area contributed by atoms with Crippen LogP contribution in [0.2, 0.25) is 0 Å². The molecule has 2 aliphatic rings. The van der Waals surface area contributed by atoms with E-state index in [-0.39, 0.29) is 0 Å². The average Bonchev–Trinajstić information content (AvgIpc) is 3.02. The van der Waals surface area contributed by atoms with Crippen molar-refractivity contribution in [3.05, 3.63) is 0 Å². The molecule has 2 nitrogen and oxygen atoms in total. The average molecular weight is 210 g/mol. The van der Waals surface area contributed by atoms with Gasteiger partial charge in [-0.15, -0.1) is 0 Å². The van der Waals surface area contributed by atoms with Crippen LogP contribution in [0.5, 0.6) is 0 Å². The maximum Gasteiger partial charge on any atom is 0.0166 e. The molecule has 1 saturated heterocycles. The first kappa shape index (κ1) is 11.4. The summed E-state index contributed by atoms with van der Waals surface area (Å²) >= 11 is 0. The molecule has 2 atom stereocenters. The third kappa shape index (κ3) is 3.46. The minimum atomic E-state index is 0.681. The van der Waals surface area contributed by atoms with E-state index in [0.29, 0.717) is 6.04 Å². The van der Waals surface area contributed by atoms with Crippen molar-refractivity contribution in [1.29, 1.82) is 0 Å². The van der Waals surface area contributed by atoms with Gasteiger partial charge in [0.2, 0.25) is 0 Å². The fourth-order valence-corrected chi connectivity index (χ4v) is 2.78. The molecule has 15 heavy (non-hydrogen) atoms. The van der Waals surface area contributed by atoms with E-state index in [1.165, 1.54) is 51.7 Å². The van der Waals surface area contributed by atoms with E-state index in [2.05, 4.69) is 24.1 Å². The van der Waals surface area contributed by atoms with E-state index in [4.69, 9.17) is 0 Å². The molecule has 0 aromatic rings. The number of nitrogens with one attached hydrogen (secondary N) is 1. The molecule has 2 unspecified atom stereocenters. The summed E-state index contributed by atoms with van der Waals surface area (Å²) in [6, 6.07) is 1.54. The molecule has 0 aromatic carbocycles. The Morgan fingerprint density at radius 3 is 2.87 bits per heavy atom. The van der Waals surface area contributed by atoms with Gasteiger partial charge < -0.3 is 5.32 Å². The van der Waals surface area contributed by atoms with Gasteiger partial charge in [-0.3, -0.25) is 4.90 Å². The summed E-state index contributed by atoms with van der Waals surface area (Å²) in [7, 11) is 0. The predicted octanol–water partition coefficient (Wildman–Crippen LogP) is 2.25. The first-order valence-electron chi connectivity index (χ1n) is 6.77. The highest BCUT2D eigenvalue weighted by atomic mass is 15.2. The highest BCUT2D eigenvalue weighted by molar-refractivity contribution is 4.84. The second kappa shape index (κ2) is 5.31. The van der Waals surface area contributed by atoms with Gasteiger partial charge >= 0.3 is 0 Å². The standard InChI is InChI=1S/C13H26N2/c1-3-13(9-12-5-6-12)15-8-4-7-14-11(2)10-15/h11-14H,3-10H2,1-2H3. The Kier molecular flexibility index (Phi) is 4.04. The smallest absolute Gasteiger partial charge is 0.0166 e. The molecule has 88 valence electrons. The van der Waals surface area contributed by atoms with Crippen LogP contribution in [-0.4, -0.2) is 36.6 Å². The van der Waals surface area contributed by atoms with Crippen molar-refractivity contribution in [2.75, 3.05) is 19.6 Å². The van der Waals surface area contributed by atoms with Crippen LogP contribution in [0.25, 0.3) is 0 Å². The molecule has 0 radical (unpaired) electrons. The van der Waals surface area contributed by atoms with Crippen LogP contribution in [-0.2, 0) is 0 Å². The third-order valence-corrected chi connectivity index (χ3v) is 3.91. The molecule has 0 spiro atoms. The Balaban J connectivity index is 1.85. The second-order valence-electron chi connectivity index (χ2n) is 5.44. The summed E-state index contributed by atoms with van der Waals surface area (Å²) in [5, 5.41) is 3.58. The van der Waals surface area contributed by atoms with Crippen LogP contribution in [0.3, 0.4) is 0 Å². The van der Waals surface area contributed by atoms with E-state index < -0.39 is 0 Å². The molecule has 1 N–H and O–H groups in total. The second-order valence-corrected chi connectivity index (χ2v) is 5.44. The molecule has 1 aliphatic heterocycles. The zero-order valence-corrected chi connectivity index (χ0v) is 10.3. The van der Waals surface area contributed by atoms with E-state index in [9.17, 15) is 0 Å². The molecular formula is C13H26N2. The monoisotopic (exact) mass is 210 g/mol. The van der Waals surface area contributed by atoms with Gasteiger partial charge in [0.1, 0.15) is 0 Å². The van der Waals surface area contributed by atoms with Crippen LogP contribution in [0.4, 0.5) is 0 Å². The van der Waals surface area contributed by atoms with Crippen LogP contribution in [0.15, 0.2) is 0 Å². The van der Waals surface area contributed by atoms with Crippen LogP contribution in [0.1, 0.15) is 46.0 Å². The van der Waals surface area contributed by atoms with E-state index in [1.54, 1.807) is 0 Å². The lowest BCUT2D eigenvalue weighted by Gasteiger charge is -2.31. The Labute approximate surface area is 94.4 Å². The summed E-state index contributed by atoms with van der Waals surface area (Å²) in [5.74, 6) is 1.07. The zero-order chi connectivity index (χ0) is 10.7. The molecule has 0 aromatic heterocycles. The first-order chi connectivity index (χ1) is 7.29. The van der Waals surface area contributed by atoms with Crippen molar-refractivity contribution in [2.45, 2.75) is 58.0 Å². The molecule has 0 amide bonds. The molecule has 0 bridgehead atoms. The van der Waals surface area contributed by atoms with Crippen molar-refractivity contribution < 1.29 is 0 Å². The van der Waals surface area contributed by atoms with E-state index in [0.717, 1.165) is 12.0 Å². The van der Waals surface area contributed by atoms with E-state index in [1.807, 2.05) is 0 Å². The summed E-state index contributed by atoms with van der Waals surface area (Å²) in [4.78, 5) is 2.74. The molecule has 2 rings (SSSR count). The lowest BCUT2D eigenvalue weighted by molar-refractivity contribution is 0.175. The third-order valence-electron chi connectivity index (χ3n) is 3.91. The zero-order valence-electron chi connectivity index (χ0n) is 10.3. The van der Waals surface area contributed by atoms with Crippen molar-refractivity contribution >= 4 is 0 Å². The quantitative estimate of drug-likeness (QED) is 0.765. The van der Waals surface area contributed by atoms with Crippen molar-refractivity contribution in [1.82, 2.24) is 10.2 Å². The van der Waals surface area contributed by atoms with Gasteiger partial charge in [0, 0.05) is 18.6 Å². The summed E-state index contributed by atoms with van der Waals surface area (Å²) in [5.41, 5.74) is 0. The Hall–Kier alpha value is -0.0800. The minimum absolute atomic E-state index is 0.681. The first-order valence-corrected chi connectivity index (χ1v) is 6.77. The summed E-state index contributed by atoms with van der Waals surface area (Å²) < 4.78 is 0. The normalized spacial score (nSPS) is 31.2. The number of nitrogens with zero attached hydrogens (tertiary/aromatic N) is 1. The molecule has 1 aliphatic carbocycles. The van der Waals surface area contributed by atoms with Crippen LogP contribution >= 0.6 is 0 Å². The van der Waals surface area contributed by atoms with Crippen molar-refractivity contribution in [3.8, 4) is 0 Å². The number of hydrogen-bond donors (Lipinski definition) is 1. The number of rotatable bonds is 4. The van der Waals surface area contributed by atoms with Gasteiger partial charge in [0.15, 0.2) is 0 Å². The predicted molar refractivity (Wildman–Crippen MR) is 65.1 cm³/mol. The maximum absolute atomic E-state index is 3.58. The molecule has 1 saturated carbocycles. The van der Waals surface area contributed by atoms with Crippen LogP contribution < -0.4 is 5.32 Å². The van der Waals surface area contributed by atoms with Gasteiger partial charge in [-0.25, -0.2) is 0 Å². The highest BCUT2D eigenvalue weighted by Gasteiger charge is 2.28. The Morgan fingerprint density at radius 1 is 1.40 bits per heavy atom. The summed E-state index contributed by atoms with van der Waals surface area (Å²) in [6.07, 6.45) is 7.12. The van der Waals surface area contributed by atoms with Crippen molar-refractivity contribution in [3.63, 3.8) is 0 Å². The van der Waals surface area contributed by atoms with Crippen molar-refractivity contribution in [2.24, 2.45) is 5.92 Å². The van der Waals surface area contributed by atoms with Gasteiger partial charge in [0.25, 0.3) is 0 Å². The molecule has 2 fully saturated rings. The van der Waals surface area contributed by atoms with Gasteiger partial charge in [-0.2, -0.15) is 0 Å². The minimum Gasteiger partial charge on any atom is -0.313 e. The summed E-state index contributed by atoms with van der Waals surface area (Å²) in [6.45, 7) is 8.45. The van der Waals surface area contributed by atoms with Gasteiger partial charge in [-0.1, -0.05) is 19.8 Å². The molecule has 1 heterocycles. The highest BCUT2D eigenvalue weighted by Crippen LogP contribution is 2.35. The van der Waals surface area contributed by atoms with Gasteiger partial charge in [0.05, 0.1) is 0 Å².